The number of unbranched alkanes of at least 4 members (excludes halogenated alkanes) is 4. The van der Waals surface area contributed by atoms with Gasteiger partial charge in [0.2, 0.25) is 0 Å². The van der Waals surface area contributed by atoms with Crippen LogP contribution in [0.5, 0.6) is 0 Å². The number of alkyl carbamates (subject to hydrolysis) is 1. The minimum absolute atomic E-state index is 0.101. The van der Waals surface area contributed by atoms with Crippen molar-refractivity contribution in [2.45, 2.75) is 45.6 Å². The highest BCUT2D eigenvalue weighted by Gasteiger charge is 2.18. The molecule has 0 saturated heterocycles. The fraction of sp³-hybridized carbons (Fsp3) is 0.346. The van der Waals surface area contributed by atoms with Crippen molar-refractivity contribution >= 4 is 35.2 Å². The number of thiazole rings is 1. The zero-order valence-electron chi connectivity index (χ0n) is 21.1. The molecule has 1 heterocycles. The molecule has 2 aromatic rings. The first-order chi connectivity index (χ1) is 17.7. The summed E-state index contributed by atoms with van der Waals surface area (Å²) in [5.41, 5.74) is 1.20. The summed E-state index contributed by atoms with van der Waals surface area (Å²) < 4.78 is 9.63. The van der Waals surface area contributed by atoms with Crippen LogP contribution in [0.15, 0.2) is 54.2 Å². The van der Waals surface area contributed by atoms with Gasteiger partial charge < -0.3 is 25.4 Å². The van der Waals surface area contributed by atoms with Crippen LogP contribution in [-0.2, 0) is 25.6 Å². The number of benzene rings is 1. The second kappa shape index (κ2) is 15.2. The summed E-state index contributed by atoms with van der Waals surface area (Å²) in [6.45, 7) is 9.76. The first kappa shape index (κ1) is 29.2. The molecule has 198 valence electrons. The van der Waals surface area contributed by atoms with Crippen LogP contribution in [-0.4, -0.2) is 42.6 Å². The van der Waals surface area contributed by atoms with E-state index in [1.165, 1.54) is 24.2 Å². The van der Waals surface area contributed by atoms with E-state index >= 15 is 0 Å². The zero-order valence-corrected chi connectivity index (χ0v) is 21.9. The highest BCUT2D eigenvalue weighted by molar-refractivity contribution is 7.13. The van der Waals surface area contributed by atoms with Gasteiger partial charge >= 0.3 is 12.1 Å². The van der Waals surface area contributed by atoms with Gasteiger partial charge in [-0.25, -0.2) is 14.6 Å². The summed E-state index contributed by atoms with van der Waals surface area (Å²) in [5, 5.41) is 9.41. The van der Waals surface area contributed by atoms with Gasteiger partial charge in [0.25, 0.3) is 11.8 Å². The van der Waals surface area contributed by atoms with Gasteiger partial charge in [-0.1, -0.05) is 70.0 Å². The minimum Gasteiger partial charge on any atom is -0.464 e. The topological polar surface area (TPSA) is 136 Å². The van der Waals surface area contributed by atoms with Gasteiger partial charge in [-0.2, -0.15) is 0 Å². The largest absolute Gasteiger partial charge is 0.464 e. The van der Waals surface area contributed by atoms with Gasteiger partial charge in [0.15, 0.2) is 0 Å². The van der Waals surface area contributed by atoms with E-state index in [-0.39, 0.29) is 17.1 Å². The summed E-state index contributed by atoms with van der Waals surface area (Å²) >= 11 is 1.26. The fourth-order valence-electron chi connectivity index (χ4n) is 3.02. The molecular weight excluding hydrogens is 496 g/mol. The summed E-state index contributed by atoms with van der Waals surface area (Å²) in [6, 6.07) is 7.37. The number of nitrogens with one attached hydrogen (secondary N) is 3. The number of methoxy groups -OCH3 is 1. The SMILES string of the molecule is C=C(NC(=O)c1csc(-c2ccc(CNC(=O)OCCCCCCC)cc2)n1)C(=O)NC(=C)C(=O)OC. The van der Waals surface area contributed by atoms with Crippen LogP contribution in [0.1, 0.15) is 55.1 Å². The van der Waals surface area contributed by atoms with Crippen LogP contribution in [0.3, 0.4) is 0 Å². The number of nitrogens with zero attached hydrogens (tertiary/aromatic N) is 1. The maximum absolute atomic E-state index is 12.4. The third kappa shape index (κ3) is 9.88. The van der Waals surface area contributed by atoms with Crippen LogP contribution >= 0.6 is 11.3 Å². The van der Waals surface area contributed by atoms with Gasteiger partial charge in [0.1, 0.15) is 16.4 Å². The van der Waals surface area contributed by atoms with Crippen LogP contribution in [0, 0.1) is 0 Å². The van der Waals surface area contributed by atoms with Crippen molar-refractivity contribution < 1.29 is 28.7 Å². The monoisotopic (exact) mass is 528 g/mol. The quantitative estimate of drug-likeness (QED) is 0.191. The van der Waals surface area contributed by atoms with Gasteiger partial charge in [0.05, 0.1) is 19.4 Å². The fourth-order valence-corrected chi connectivity index (χ4v) is 3.82. The van der Waals surface area contributed by atoms with Crippen molar-refractivity contribution in [3.8, 4) is 10.6 Å². The standard InChI is InChI=1S/C26H32N4O6S/c1-5-6-7-8-9-14-36-26(34)27-15-19-10-12-20(13-11-19)24-30-21(16-37-24)23(32)28-17(2)22(31)29-18(3)25(33)35-4/h10-13,16H,2-3,5-9,14-15H2,1,4H3,(H,27,34)(H,28,32)(H,29,31). The lowest BCUT2D eigenvalue weighted by Gasteiger charge is -2.09. The highest BCUT2D eigenvalue weighted by atomic mass is 32.1. The average Bonchev–Trinajstić information content (AvgIpc) is 3.39. The van der Waals surface area contributed by atoms with E-state index in [9.17, 15) is 19.2 Å². The molecule has 3 N–H and O–H groups in total. The molecule has 0 aliphatic heterocycles. The third-order valence-electron chi connectivity index (χ3n) is 5.09. The summed E-state index contributed by atoms with van der Waals surface area (Å²) in [6.07, 6.45) is 5.00. The molecule has 0 atom stereocenters. The molecule has 0 aliphatic carbocycles. The molecule has 0 radical (unpaired) electrons. The summed E-state index contributed by atoms with van der Waals surface area (Å²) in [4.78, 5) is 52.0. The predicted molar refractivity (Wildman–Crippen MR) is 140 cm³/mol. The number of carbonyl (C=O) groups excluding carboxylic acids is 4. The zero-order chi connectivity index (χ0) is 27.2. The molecule has 11 heteroatoms. The Morgan fingerprint density at radius 2 is 1.68 bits per heavy atom. The Hall–Kier alpha value is -3.99. The lowest BCUT2D eigenvalue weighted by molar-refractivity contribution is -0.137. The lowest BCUT2D eigenvalue weighted by atomic mass is 10.1. The number of hydrogen-bond acceptors (Lipinski definition) is 8. The Morgan fingerprint density at radius 3 is 2.35 bits per heavy atom. The van der Waals surface area contributed by atoms with Crippen molar-refractivity contribution in [2.24, 2.45) is 0 Å². The molecule has 1 aromatic carbocycles. The van der Waals surface area contributed by atoms with E-state index in [1.807, 2.05) is 24.3 Å². The minimum atomic E-state index is -0.813. The smallest absolute Gasteiger partial charge is 0.407 e. The van der Waals surface area contributed by atoms with Gasteiger partial charge in [-0.3, -0.25) is 9.59 Å². The molecule has 37 heavy (non-hydrogen) atoms. The molecule has 3 amide bonds. The molecule has 0 spiro atoms. The van der Waals surface area contributed by atoms with Crippen molar-refractivity contribution in [2.75, 3.05) is 13.7 Å². The number of aromatic nitrogens is 1. The van der Waals surface area contributed by atoms with Gasteiger partial charge in [-0.15, -0.1) is 11.3 Å². The number of carbonyl (C=O) groups is 4. The molecule has 0 aliphatic rings. The van der Waals surface area contributed by atoms with Gasteiger partial charge in [0, 0.05) is 17.5 Å². The summed E-state index contributed by atoms with van der Waals surface area (Å²) in [7, 11) is 1.15. The van der Waals surface area contributed by atoms with Crippen molar-refractivity contribution in [1.82, 2.24) is 20.9 Å². The summed E-state index contributed by atoms with van der Waals surface area (Å²) in [5.74, 6) is -2.25. The van der Waals surface area contributed by atoms with E-state index in [2.05, 4.69) is 45.8 Å². The maximum Gasteiger partial charge on any atom is 0.407 e. The maximum atomic E-state index is 12.4. The highest BCUT2D eigenvalue weighted by Crippen LogP contribution is 2.24. The Balaban J connectivity index is 1.82. The van der Waals surface area contributed by atoms with E-state index in [0.717, 1.165) is 37.5 Å². The third-order valence-corrected chi connectivity index (χ3v) is 5.98. The first-order valence-corrected chi connectivity index (χ1v) is 12.7. The predicted octanol–water partition coefficient (Wildman–Crippen LogP) is 4.05. The van der Waals surface area contributed by atoms with E-state index in [0.29, 0.717) is 18.2 Å². The molecule has 1 aromatic heterocycles. The normalized spacial score (nSPS) is 10.2. The molecule has 2 rings (SSSR count). The molecule has 0 bridgehead atoms. The van der Waals surface area contributed by atoms with Crippen LogP contribution < -0.4 is 16.0 Å². The second-order valence-corrected chi connectivity index (χ2v) is 8.85. The van der Waals surface area contributed by atoms with Crippen LogP contribution in [0.4, 0.5) is 4.79 Å². The molecule has 0 saturated carbocycles. The van der Waals surface area contributed by atoms with E-state index in [1.54, 1.807) is 5.38 Å². The van der Waals surface area contributed by atoms with Crippen molar-refractivity contribution in [3.63, 3.8) is 0 Å². The van der Waals surface area contributed by atoms with E-state index in [4.69, 9.17) is 4.74 Å². The lowest BCUT2D eigenvalue weighted by Crippen LogP contribution is -2.35. The van der Waals surface area contributed by atoms with Crippen molar-refractivity contribution in [1.29, 1.82) is 0 Å². The van der Waals surface area contributed by atoms with Crippen molar-refractivity contribution in [3.05, 3.63) is 65.5 Å². The number of esters is 1. The Labute approximate surface area is 220 Å². The van der Waals surface area contributed by atoms with Gasteiger partial charge in [-0.05, 0) is 12.0 Å². The molecular formula is C26H32N4O6S. The molecule has 0 unspecified atom stereocenters. The Bertz CT molecular complexity index is 1130. The average molecular weight is 529 g/mol. The van der Waals surface area contributed by atoms with Crippen LogP contribution in [0.25, 0.3) is 10.6 Å². The number of rotatable bonds is 14. The number of hydrogen-bond donors (Lipinski definition) is 3. The van der Waals surface area contributed by atoms with E-state index < -0.39 is 23.9 Å². The van der Waals surface area contributed by atoms with Crippen LogP contribution in [0.2, 0.25) is 0 Å². The Kier molecular flexibility index (Phi) is 12.0. The second-order valence-electron chi connectivity index (χ2n) is 8.00. The molecule has 0 fully saturated rings. The Morgan fingerprint density at radius 1 is 0.973 bits per heavy atom. The number of ether oxygens (including phenoxy) is 2. The number of amides is 3. The first-order valence-electron chi connectivity index (χ1n) is 11.8. The molecule has 10 nitrogen and oxygen atoms in total.